The molecule has 1 heterocycles. The lowest BCUT2D eigenvalue weighted by molar-refractivity contribution is -0.159. The van der Waals surface area contributed by atoms with Crippen LogP contribution < -0.4 is 10.5 Å². The van der Waals surface area contributed by atoms with Crippen LogP contribution in [0.1, 0.15) is 12.0 Å². The quantitative estimate of drug-likeness (QED) is 0.563. The van der Waals surface area contributed by atoms with Gasteiger partial charge in [0.15, 0.2) is 5.58 Å². The molecular weight excluding hydrogens is 392 g/mol. The lowest BCUT2D eigenvalue weighted by Gasteiger charge is -2.17. The van der Waals surface area contributed by atoms with Crippen LogP contribution >= 0.6 is 0 Å². The molecular formula is C21H24N2O7. The summed E-state index contributed by atoms with van der Waals surface area (Å²) in [4.78, 5) is 32.4. The molecule has 9 heteroatoms. The van der Waals surface area contributed by atoms with Gasteiger partial charge in [0.2, 0.25) is 0 Å². The number of carbonyl (C=O) groups is 2. The Morgan fingerprint density at radius 1 is 1.10 bits per heavy atom. The first kappa shape index (κ1) is 22.7. The predicted octanol–water partition coefficient (Wildman–Crippen LogP) is 2.28. The summed E-state index contributed by atoms with van der Waals surface area (Å²) in [5, 5.41) is 14.8. The van der Waals surface area contributed by atoms with E-state index in [1.807, 2.05) is 42.5 Å². The maximum Gasteiger partial charge on any atom is 0.419 e. The Labute approximate surface area is 172 Å². The van der Waals surface area contributed by atoms with E-state index < -0.39 is 11.9 Å². The first-order valence-corrected chi connectivity index (χ1v) is 9.18. The lowest BCUT2D eigenvalue weighted by atomic mass is 10.2. The third kappa shape index (κ3) is 6.49. The first-order valence-electron chi connectivity index (χ1n) is 9.18. The number of aromatic nitrogens is 1. The van der Waals surface area contributed by atoms with Crippen LogP contribution in [0.5, 0.6) is 5.75 Å². The second kappa shape index (κ2) is 10.8. The predicted molar refractivity (Wildman–Crippen MR) is 110 cm³/mol. The van der Waals surface area contributed by atoms with Crippen LogP contribution in [0.4, 0.5) is 0 Å². The van der Waals surface area contributed by atoms with E-state index in [-0.39, 0.29) is 5.76 Å². The van der Waals surface area contributed by atoms with Crippen molar-refractivity contribution >= 4 is 23.0 Å². The van der Waals surface area contributed by atoms with Crippen molar-refractivity contribution in [3.05, 3.63) is 64.6 Å². The molecule has 0 aliphatic carbocycles. The highest BCUT2D eigenvalue weighted by Crippen LogP contribution is 2.15. The van der Waals surface area contributed by atoms with Crippen LogP contribution in [0, 0.1) is 0 Å². The SMILES string of the molecule is COc1cccc(CN(C)CCCn2c(=O)oc3ccccc32)c1.O=C(O)C(=O)O. The molecule has 0 amide bonds. The first-order chi connectivity index (χ1) is 14.3. The zero-order chi connectivity index (χ0) is 22.1. The van der Waals surface area contributed by atoms with Crippen LogP contribution in [0.15, 0.2) is 57.7 Å². The van der Waals surface area contributed by atoms with E-state index in [4.69, 9.17) is 29.0 Å². The molecule has 30 heavy (non-hydrogen) atoms. The number of oxazole rings is 1. The molecule has 0 aliphatic rings. The number of methoxy groups -OCH3 is 1. The van der Waals surface area contributed by atoms with Crippen molar-refractivity contribution in [3.8, 4) is 5.75 Å². The minimum atomic E-state index is -1.82. The number of rotatable bonds is 7. The molecule has 0 unspecified atom stereocenters. The van der Waals surface area contributed by atoms with Gasteiger partial charge >= 0.3 is 17.7 Å². The number of benzene rings is 2. The Morgan fingerprint density at radius 2 is 1.80 bits per heavy atom. The van der Waals surface area contributed by atoms with Crippen molar-refractivity contribution in [1.82, 2.24) is 9.47 Å². The van der Waals surface area contributed by atoms with E-state index in [1.165, 1.54) is 5.56 Å². The Balaban J connectivity index is 0.000000469. The average Bonchev–Trinajstić information content (AvgIpc) is 3.04. The molecule has 160 valence electrons. The van der Waals surface area contributed by atoms with Gasteiger partial charge in [-0.15, -0.1) is 0 Å². The molecule has 2 aromatic carbocycles. The number of fused-ring (bicyclic) bond motifs is 1. The van der Waals surface area contributed by atoms with Crippen molar-refractivity contribution < 1.29 is 29.0 Å². The Kier molecular flexibility index (Phi) is 8.18. The summed E-state index contributed by atoms with van der Waals surface area (Å²) in [6.07, 6.45) is 0.879. The van der Waals surface area contributed by atoms with E-state index in [0.717, 1.165) is 30.8 Å². The lowest BCUT2D eigenvalue weighted by Crippen LogP contribution is -2.22. The van der Waals surface area contributed by atoms with E-state index in [1.54, 1.807) is 11.7 Å². The fourth-order valence-electron chi connectivity index (χ4n) is 2.89. The normalized spacial score (nSPS) is 10.5. The van der Waals surface area contributed by atoms with Gasteiger partial charge in [-0.1, -0.05) is 24.3 Å². The molecule has 3 aromatic rings. The second-order valence-electron chi connectivity index (χ2n) is 6.54. The van der Waals surface area contributed by atoms with E-state index >= 15 is 0 Å². The van der Waals surface area contributed by atoms with Crippen molar-refractivity contribution in [2.75, 3.05) is 20.7 Å². The van der Waals surface area contributed by atoms with Gasteiger partial charge in [0.1, 0.15) is 5.75 Å². The summed E-state index contributed by atoms with van der Waals surface area (Å²) in [6.45, 7) is 2.39. The molecule has 2 N–H and O–H groups in total. The number of hydrogen-bond donors (Lipinski definition) is 2. The van der Waals surface area contributed by atoms with Crippen LogP contribution in [0.3, 0.4) is 0 Å². The van der Waals surface area contributed by atoms with E-state index in [2.05, 4.69) is 18.0 Å². The van der Waals surface area contributed by atoms with E-state index in [9.17, 15) is 4.79 Å². The molecule has 1 aromatic heterocycles. The number of ether oxygens (including phenoxy) is 1. The summed E-state index contributed by atoms with van der Waals surface area (Å²) in [5.74, 6) is -3.06. The highest BCUT2D eigenvalue weighted by atomic mass is 16.5. The zero-order valence-electron chi connectivity index (χ0n) is 16.8. The maximum absolute atomic E-state index is 11.9. The molecule has 0 saturated carbocycles. The number of para-hydroxylation sites is 2. The van der Waals surface area contributed by atoms with Crippen LogP contribution in [-0.2, 0) is 22.7 Å². The van der Waals surface area contributed by atoms with E-state index in [0.29, 0.717) is 12.1 Å². The number of nitrogens with zero attached hydrogens (tertiary/aromatic N) is 2. The van der Waals surface area contributed by atoms with Gasteiger partial charge in [0.25, 0.3) is 0 Å². The topological polar surface area (TPSA) is 122 Å². The Bertz CT molecular complexity index is 1040. The fraction of sp³-hybridized carbons (Fsp3) is 0.286. The molecule has 3 rings (SSSR count). The molecule has 0 aliphatic heterocycles. The number of aryl methyl sites for hydroxylation is 1. The third-order valence-electron chi connectivity index (χ3n) is 4.26. The summed E-state index contributed by atoms with van der Waals surface area (Å²) < 4.78 is 12.2. The average molecular weight is 416 g/mol. The molecule has 0 bridgehead atoms. The zero-order valence-corrected chi connectivity index (χ0v) is 16.8. The van der Waals surface area contributed by atoms with Crippen LogP contribution in [0.25, 0.3) is 11.1 Å². The monoisotopic (exact) mass is 416 g/mol. The summed E-state index contributed by atoms with van der Waals surface area (Å²) in [6, 6.07) is 15.6. The van der Waals surface area contributed by atoms with Gasteiger partial charge in [-0.2, -0.15) is 0 Å². The fourth-order valence-corrected chi connectivity index (χ4v) is 2.89. The molecule has 0 spiro atoms. The number of hydrogen-bond acceptors (Lipinski definition) is 6. The maximum atomic E-state index is 11.9. The number of carboxylic acids is 2. The van der Waals surface area contributed by atoms with Gasteiger partial charge in [-0.3, -0.25) is 4.57 Å². The van der Waals surface area contributed by atoms with Crippen LogP contribution in [0.2, 0.25) is 0 Å². The number of aliphatic carboxylic acids is 2. The molecule has 0 fully saturated rings. The highest BCUT2D eigenvalue weighted by Gasteiger charge is 2.09. The summed E-state index contributed by atoms with van der Waals surface area (Å²) >= 11 is 0. The molecule has 0 atom stereocenters. The van der Waals surface area contributed by atoms with Gasteiger partial charge in [-0.25, -0.2) is 14.4 Å². The molecule has 0 radical (unpaired) electrons. The highest BCUT2D eigenvalue weighted by molar-refractivity contribution is 6.27. The molecule has 9 nitrogen and oxygen atoms in total. The van der Waals surface area contributed by atoms with Gasteiger partial charge in [-0.05, 0) is 49.8 Å². The largest absolute Gasteiger partial charge is 0.497 e. The summed E-state index contributed by atoms with van der Waals surface area (Å²) in [7, 11) is 3.76. The van der Waals surface area contributed by atoms with Crippen molar-refractivity contribution in [2.45, 2.75) is 19.5 Å². The molecule has 0 saturated heterocycles. The van der Waals surface area contributed by atoms with Crippen LogP contribution in [-0.4, -0.2) is 52.3 Å². The van der Waals surface area contributed by atoms with Crippen molar-refractivity contribution in [2.24, 2.45) is 0 Å². The third-order valence-corrected chi connectivity index (χ3v) is 4.26. The van der Waals surface area contributed by atoms with Crippen molar-refractivity contribution in [3.63, 3.8) is 0 Å². The van der Waals surface area contributed by atoms with Gasteiger partial charge in [0, 0.05) is 13.1 Å². The van der Waals surface area contributed by atoms with Gasteiger partial charge < -0.3 is 24.3 Å². The minimum Gasteiger partial charge on any atom is -0.497 e. The minimum absolute atomic E-state index is 0.286. The van der Waals surface area contributed by atoms with Crippen molar-refractivity contribution in [1.29, 1.82) is 0 Å². The standard InChI is InChI=1S/C19H22N2O3.C2H2O4/c1-20(14-15-7-5-8-16(13-15)23-2)11-6-12-21-17-9-3-4-10-18(17)24-19(21)22;3-1(4)2(5)6/h3-5,7-10,13H,6,11-12,14H2,1-2H3;(H,3,4)(H,5,6). The number of carboxylic acid groups (broad SMARTS) is 2. The second-order valence-corrected chi connectivity index (χ2v) is 6.54. The Hall–Kier alpha value is -3.59. The smallest absolute Gasteiger partial charge is 0.419 e. The summed E-state index contributed by atoms with van der Waals surface area (Å²) in [5.41, 5.74) is 2.72. The van der Waals surface area contributed by atoms with Gasteiger partial charge in [0.05, 0.1) is 12.6 Å². The Morgan fingerprint density at radius 3 is 2.47 bits per heavy atom.